The minimum atomic E-state index is -0.337. The van der Waals surface area contributed by atoms with Gasteiger partial charge in [0.15, 0.2) is 0 Å². The van der Waals surface area contributed by atoms with E-state index in [1.165, 1.54) is 17.7 Å². The molecule has 1 aromatic heterocycles. The number of thiophene rings is 1. The van der Waals surface area contributed by atoms with Crippen LogP contribution in [0.4, 0.5) is 4.39 Å². The summed E-state index contributed by atoms with van der Waals surface area (Å²) in [4.78, 5) is 0. The van der Waals surface area contributed by atoms with Gasteiger partial charge in [0.2, 0.25) is 0 Å². The lowest BCUT2D eigenvalue weighted by Gasteiger charge is -2.12. The first-order chi connectivity index (χ1) is 7.66. The van der Waals surface area contributed by atoms with Gasteiger partial charge in [0.1, 0.15) is 5.82 Å². The number of nitrogens with two attached hydrogens (primary N) is 1. The summed E-state index contributed by atoms with van der Waals surface area (Å²) in [5.74, 6) is -0.337. The van der Waals surface area contributed by atoms with E-state index in [0.29, 0.717) is 5.02 Å². The smallest absolute Gasteiger partial charge is 0.124 e. The Morgan fingerprint density at radius 3 is 2.81 bits per heavy atom. The van der Waals surface area contributed by atoms with Gasteiger partial charge >= 0.3 is 0 Å². The molecule has 0 bridgehead atoms. The van der Waals surface area contributed by atoms with Gasteiger partial charge in [-0.3, -0.25) is 0 Å². The molecule has 1 nitrogen and oxygen atoms in total. The predicted molar refractivity (Wildman–Crippen MR) is 66.4 cm³/mol. The van der Waals surface area contributed by atoms with E-state index in [1.54, 1.807) is 17.4 Å². The van der Waals surface area contributed by atoms with Gasteiger partial charge in [-0.1, -0.05) is 17.7 Å². The highest BCUT2D eigenvalue weighted by molar-refractivity contribution is 7.07. The van der Waals surface area contributed by atoms with Crippen molar-refractivity contribution >= 4 is 22.9 Å². The molecule has 0 amide bonds. The highest BCUT2D eigenvalue weighted by atomic mass is 35.5. The van der Waals surface area contributed by atoms with Crippen molar-refractivity contribution in [2.24, 2.45) is 5.73 Å². The highest BCUT2D eigenvalue weighted by Crippen LogP contribution is 2.25. The number of benzene rings is 1. The van der Waals surface area contributed by atoms with E-state index in [4.69, 9.17) is 17.3 Å². The third-order valence-corrected chi connectivity index (χ3v) is 3.46. The molecule has 1 heterocycles. The molecular formula is C12H11ClFNS. The van der Waals surface area contributed by atoms with E-state index in [-0.39, 0.29) is 11.9 Å². The standard InChI is InChI=1S/C12H11ClFNS/c13-11-6-9(14)1-2-10(11)12(15)5-8-3-4-16-7-8/h1-4,6-7,12H,5,15H2. The Kier molecular flexibility index (Phi) is 3.59. The molecule has 1 unspecified atom stereocenters. The van der Waals surface area contributed by atoms with Gasteiger partial charge in [-0.25, -0.2) is 4.39 Å². The fraction of sp³-hybridized carbons (Fsp3) is 0.167. The van der Waals surface area contributed by atoms with Crippen LogP contribution >= 0.6 is 22.9 Å². The van der Waals surface area contributed by atoms with E-state index in [1.807, 2.05) is 11.4 Å². The van der Waals surface area contributed by atoms with Crippen molar-refractivity contribution in [1.29, 1.82) is 0 Å². The van der Waals surface area contributed by atoms with Gasteiger partial charge in [-0.2, -0.15) is 11.3 Å². The normalized spacial score (nSPS) is 12.7. The third-order valence-electron chi connectivity index (χ3n) is 2.40. The number of halogens is 2. The minimum Gasteiger partial charge on any atom is -0.324 e. The second kappa shape index (κ2) is 4.95. The van der Waals surface area contributed by atoms with Crippen LogP contribution in [-0.4, -0.2) is 0 Å². The number of rotatable bonds is 3. The quantitative estimate of drug-likeness (QED) is 0.887. The maximum atomic E-state index is 12.9. The van der Waals surface area contributed by atoms with Gasteiger partial charge in [-0.15, -0.1) is 0 Å². The highest BCUT2D eigenvalue weighted by Gasteiger charge is 2.11. The molecule has 0 saturated heterocycles. The van der Waals surface area contributed by atoms with E-state index < -0.39 is 0 Å². The van der Waals surface area contributed by atoms with Crippen LogP contribution in [0.15, 0.2) is 35.0 Å². The van der Waals surface area contributed by atoms with Crippen LogP contribution in [-0.2, 0) is 6.42 Å². The van der Waals surface area contributed by atoms with Crippen molar-refractivity contribution < 1.29 is 4.39 Å². The van der Waals surface area contributed by atoms with Gasteiger partial charge < -0.3 is 5.73 Å². The molecule has 0 aliphatic carbocycles. The van der Waals surface area contributed by atoms with E-state index in [2.05, 4.69) is 5.38 Å². The van der Waals surface area contributed by atoms with Crippen LogP contribution < -0.4 is 5.73 Å². The van der Waals surface area contributed by atoms with Crippen molar-refractivity contribution in [2.75, 3.05) is 0 Å². The molecule has 16 heavy (non-hydrogen) atoms. The Balaban J connectivity index is 2.17. The van der Waals surface area contributed by atoms with Crippen LogP contribution in [0.25, 0.3) is 0 Å². The zero-order chi connectivity index (χ0) is 11.5. The van der Waals surface area contributed by atoms with E-state index in [9.17, 15) is 4.39 Å². The second-order valence-corrected chi connectivity index (χ2v) is 4.80. The van der Waals surface area contributed by atoms with E-state index >= 15 is 0 Å². The molecule has 2 aromatic rings. The summed E-state index contributed by atoms with van der Waals surface area (Å²) in [5.41, 5.74) is 8.00. The first-order valence-corrected chi connectivity index (χ1v) is 6.20. The molecule has 84 valence electrons. The first-order valence-electron chi connectivity index (χ1n) is 4.88. The number of hydrogen-bond acceptors (Lipinski definition) is 2. The molecule has 0 radical (unpaired) electrons. The number of hydrogen-bond donors (Lipinski definition) is 1. The van der Waals surface area contributed by atoms with Gasteiger partial charge in [0.05, 0.1) is 0 Å². The summed E-state index contributed by atoms with van der Waals surface area (Å²) < 4.78 is 12.9. The van der Waals surface area contributed by atoms with Crippen molar-refractivity contribution in [1.82, 2.24) is 0 Å². The molecule has 0 saturated carbocycles. The molecule has 0 fully saturated rings. The Morgan fingerprint density at radius 1 is 1.38 bits per heavy atom. The summed E-state index contributed by atoms with van der Waals surface area (Å²) in [6.45, 7) is 0. The molecule has 0 aliphatic rings. The van der Waals surface area contributed by atoms with Crippen LogP contribution in [0.2, 0.25) is 5.02 Å². The van der Waals surface area contributed by atoms with Gasteiger partial charge in [0, 0.05) is 11.1 Å². The van der Waals surface area contributed by atoms with Crippen molar-refractivity contribution in [2.45, 2.75) is 12.5 Å². The van der Waals surface area contributed by atoms with Crippen LogP contribution in [0.5, 0.6) is 0 Å². The van der Waals surface area contributed by atoms with Crippen LogP contribution in [0.1, 0.15) is 17.2 Å². The lowest BCUT2D eigenvalue weighted by Crippen LogP contribution is -2.13. The lowest BCUT2D eigenvalue weighted by atomic mass is 10.0. The summed E-state index contributed by atoms with van der Waals surface area (Å²) in [5, 5.41) is 4.45. The van der Waals surface area contributed by atoms with Crippen LogP contribution in [0, 0.1) is 5.82 Å². The Bertz CT molecular complexity index is 470. The van der Waals surface area contributed by atoms with Gasteiger partial charge in [-0.05, 0) is 46.5 Å². The topological polar surface area (TPSA) is 26.0 Å². The van der Waals surface area contributed by atoms with Gasteiger partial charge in [0.25, 0.3) is 0 Å². The average molecular weight is 256 g/mol. The molecule has 0 spiro atoms. The second-order valence-electron chi connectivity index (χ2n) is 3.61. The fourth-order valence-corrected chi connectivity index (χ4v) is 2.56. The molecule has 2 N–H and O–H groups in total. The minimum absolute atomic E-state index is 0.192. The average Bonchev–Trinajstić information content (AvgIpc) is 2.70. The molecule has 4 heteroatoms. The monoisotopic (exact) mass is 255 g/mol. The zero-order valence-electron chi connectivity index (χ0n) is 8.49. The molecule has 1 aromatic carbocycles. The summed E-state index contributed by atoms with van der Waals surface area (Å²) >= 11 is 7.58. The summed E-state index contributed by atoms with van der Waals surface area (Å²) in [6, 6.07) is 6.16. The first kappa shape index (κ1) is 11.6. The molecule has 0 aliphatic heterocycles. The predicted octanol–water partition coefficient (Wildman–Crippen LogP) is 3.78. The van der Waals surface area contributed by atoms with Crippen molar-refractivity contribution in [3.8, 4) is 0 Å². The zero-order valence-corrected chi connectivity index (χ0v) is 10.1. The van der Waals surface area contributed by atoms with E-state index in [0.717, 1.165) is 12.0 Å². The summed E-state index contributed by atoms with van der Waals surface area (Å²) in [6.07, 6.45) is 0.717. The Labute approximate surface area is 103 Å². The summed E-state index contributed by atoms with van der Waals surface area (Å²) in [7, 11) is 0. The van der Waals surface area contributed by atoms with Crippen LogP contribution in [0.3, 0.4) is 0 Å². The van der Waals surface area contributed by atoms with Crippen molar-refractivity contribution in [3.05, 3.63) is 57.0 Å². The Hall–Kier alpha value is -0.900. The lowest BCUT2D eigenvalue weighted by molar-refractivity contribution is 0.624. The van der Waals surface area contributed by atoms with Crippen molar-refractivity contribution in [3.63, 3.8) is 0 Å². The maximum Gasteiger partial charge on any atom is 0.124 e. The SMILES string of the molecule is NC(Cc1ccsc1)c1ccc(F)cc1Cl. The maximum absolute atomic E-state index is 12.9. The molecule has 1 atom stereocenters. The fourth-order valence-electron chi connectivity index (χ4n) is 1.57. The molecule has 2 rings (SSSR count). The Morgan fingerprint density at radius 2 is 2.19 bits per heavy atom. The molecular weight excluding hydrogens is 245 g/mol. The third kappa shape index (κ3) is 2.61. The largest absolute Gasteiger partial charge is 0.324 e.